The lowest BCUT2D eigenvalue weighted by atomic mass is 9.75. The second kappa shape index (κ2) is 4.67. The highest BCUT2D eigenvalue weighted by atomic mass is 19.1. The molecule has 1 fully saturated rings. The van der Waals surface area contributed by atoms with E-state index in [1.807, 2.05) is 19.1 Å². The van der Waals surface area contributed by atoms with Gasteiger partial charge in [0.2, 0.25) is 0 Å². The van der Waals surface area contributed by atoms with Gasteiger partial charge in [0.1, 0.15) is 5.82 Å². The Hall–Kier alpha value is -1.05. The van der Waals surface area contributed by atoms with Gasteiger partial charge in [-0.15, -0.1) is 0 Å². The van der Waals surface area contributed by atoms with Crippen molar-refractivity contribution in [2.45, 2.75) is 52.5 Å². The van der Waals surface area contributed by atoms with Gasteiger partial charge in [-0.25, -0.2) is 4.39 Å². The Kier molecular flexibility index (Phi) is 3.41. The Morgan fingerprint density at radius 1 is 1.24 bits per heavy atom. The quantitative estimate of drug-likeness (QED) is 0.795. The summed E-state index contributed by atoms with van der Waals surface area (Å²) in [5.41, 5.74) is 2.26. The van der Waals surface area contributed by atoms with Crippen LogP contribution in [0.15, 0.2) is 18.2 Å². The van der Waals surface area contributed by atoms with Crippen molar-refractivity contribution in [2.75, 3.05) is 5.32 Å². The molecule has 0 saturated heterocycles. The molecule has 2 rings (SSSR count). The van der Waals surface area contributed by atoms with E-state index in [2.05, 4.69) is 19.2 Å². The molecule has 0 bridgehead atoms. The van der Waals surface area contributed by atoms with E-state index in [4.69, 9.17) is 0 Å². The molecule has 1 aliphatic rings. The first kappa shape index (κ1) is 12.4. The fraction of sp³-hybridized carbons (Fsp3) is 0.600. The van der Waals surface area contributed by atoms with E-state index in [1.54, 1.807) is 6.07 Å². The van der Waals surface area contributed by atoms with Gasteiger partial charge in [-0.1, -0.05) is 13.8 Å². The molecule has 0 heterocycles. The van der Waals surface area contributed by atoms with E-state index in [9.17, 15) is 4.39 Å². The maximum absolute atomic E-state index is 13.2. The molecule has 1 N–H and O–H groups in total. The number of benzene rings is 1. The smallest absolute Gasteiger partial charge is 0.126 e. The van der Waals surface area contributed by atoms with Crippen molar-refractivity contribution in [2.24, 2.45) is 5.41 Å². The summed E-state index contributed by atoms with van der Waals surface area (Å²) in [6.45, 7) is 6.49. The third kappa shape index (κ3) is 3.21. The molecule has 1 nitrogen and oxygen atoms in total. The number of hydrogen-bond acceptors (Lipinski definition) is 1. The molecule has 1 saturated carbocycles. The summed E-state index contributed by atoms with van der Waals surface area (Å²) in [6.07, 6.45) is 4.96. The zero-order chi connectivity index (χ0) is 12.5. The molecular formula is C15H22FN. The summed E-state index contributed by atoms with van der Waals surface area (Å²) in [4.78, 5) is 0. The number of nitrogens with one attached hydrogen (secondary N) is 1. The second-order valence-electron chi connectivity index (χ2n) is 6.05. The van der Waals surface area contributed by atoms with Crippen LogP contribution in [0.25, 0.3) is 0 Å². The number of halogens is 1. The van der Waals surface area contributed by atoms with Crippen LogP contribution in [-0.2, 0) is 0 Å². The topological polar surface area (TPSA) is 12.0 Å². The first-order chi connectivity index (χ1) is 7.96. The third-order valence-electron chi connectivity index (χ3n) is 3.87. The van der Waals surface area contributed by atoms with Gasteiger partial charge in [0.05, 0.1) is 0 Å². The summed E-state index contributed by atoms with van der Waals surface area (Å²) >= 11 is 0. The van der Waals surface area contributed by atoms with E-state index in [1.165, 1.54) is 25.7 Å². The van der Waals surface area contributed by atoms with E-state index < -0.39 is 0 Å². The Morgan fingerprint density at radius 2 is 1.88 bits per heavy atom. The van der Waals surface area contributed by atoms with Gasteiger partial charge >= 0.3 is 0 Å². The standard InChI is InChI=1S/C15H22FN/c1-11-10-13(4-5-14(11)16)17-12-6-8-15(2,3)9-7-12/h4-5,10,12,17H,6-9H2,1-3H3. The minimum Gasteiger partial charge on any atom is -0.382 e. The normalized spacial score (nSPS) is 20.2. The number of anilines is 1. The third-order valence-corrected chi connectivity index (χ3v) is 3.87. The van der Waals surface area contributed by atoms with Gasteiger partial charge in [0, 0.05) is 11.7 Å². The van der Waals surface area contributed by atoms with Crippen molar-refractivity contribution in [3.05, 3.63) is 29.6 Å². The summed E-state index contributed by atoms with van der Waals surface area (Å²) in [5, 5.41) is 3.52. The van der Waals surface area contributed by atoms with Gasteiger partial charge in [-0.3, -0.25) is 0 Å². The predicted molar refractivity (Wildman–Crippen MR) is 70.8 cm³/mol. The van der Waals surface area contributed by atoms with Crippen molar-refractivity contribution in [3.63, 3.8) is 0 Å². The van der Waals surface area contributed by atoms with Crippen molar-refractivity contribution in [1.82, 2.24) is 0 Å². The fourth-order valence-electron chi connectivity index (χ4n) is 2.51. The van der Waals surface area contributed by atoms with E-state index in [0.29, 0.717) is 17.0 Å². The zero-order valence-electron chi connectivity index (χ0n) is 11.0. The monoisotopic (exact) mass is 235 g/mol. The van der Waals surface area contributed by atoms with Crippen LogP contribution in [0.2, 0.25) is 0 Å². The summed E-state index contributed by atoms with van der Waals surface area (Å²) in [5.74, 6) is -0.125. The van der Waals surface area contributed by atoms with Crippen LogP contribution in [0.5, 0.6) is 0 Å². The van der Waals surface area contributed by atoms with E-state index in [-0.39, 0.29) is 5.82 Å². The Balaban J connectivity index is 1.95. The van der Waals surface area contributed by atoms with Gasteiger partial charge < -0.3 is 5.32 Å². The van der Waals surface area contributed by atoms with Gasteiger partial charge in [-0.2, -0.15) is 0 Å². The maximum atomic E-state index is 13.2. The molecule has 0 spiro atoms. The molecule has 0 aromatic heterocycles. The molecule has 0 unspecified atom stereocenters. The first-order valence-corrected chi connectivity index (χ1v) is 6.49. The van der Waals surface area contributed by atoms with Crippen molar-refractivity contribution >= 4 is 5.69 Å². The van der Waals surface area contributed by atoms with Crippen LogP contribution in [0.3, 0.4) is 0 Å². The van der Waals surface area contributed by atoms with Gasteiger partial charge in [0.15, 0.2) is 0 Å². The van der Waals surface area contributed by atoms with E-state index >= 15 is 0 Å². The molecule has 1 aromatic carbocycles. The zero-order valence-corrected chi connectivity index (χ0v) is 11.0. The fourth-order valence-corrected chi connectivity index (χ4v) is 2.51. The van der Waals surface area contributed by atoms with Crippen molar-refractivity contribution < 1.29 is 4.39 Å². The van der Waals surface area contributed by atoms with Gasteiger partial charge in [-0.05, 0) is 61.8 Å². The minimum atomic E-state index is -0.125. The highest BCUT2D eigenvalue weighted by molar-refractivity contribution is 5.46. The molecule has 17 heavy (non-hydrogen) atoms. The molecule has 1 aromatic rings. The number of rotatable bonds is 2. The molecule has 0 aliphatic heterocycles. The number of hydrogen-bond donors (Lipinski definition) is 1. The SMILES string of the molecule is Cc1cc(NC2CCC(C)(C)CC2)ccc1F. The number of aryl methyl sites for hydroxylation is 1. The first-order valence-electron chi connectivity index (χ1n) is 6.49. The molecule has 0 atom stereocenters. The lowest BCUT2D eigenvalue weighted by molar-refractivity contribution is 0.232. The maximum Gasteiger partial charge on any atom is 0.126 e. The lowest BCUT2D eigenvalue weighted by Gasteiger charge is -2.35. The summed E-state index contributed by atoms with van der Waals surface area (Å²) in [6, 6.07) is 5.83. The summed E-state index contributed by atoms with van der Waals surface area (Å²) < 4.78 is 13.2. The van der Waals surface area contributed by atoms with Gasteiger partial charge in [0.25, 0.3) is 0 Å². The Morgan fingerprint density at radius 3 is 2.47 bits per heavy atom. The van der Waals surface area contributed by atoms with Crippen molar-refractivity contribution in [1.29, 1.82) is 0 Å². The second-order valence-corrected chi connectivity index (χ2v) is 6.05. The highest BCUT2D eigenvalue weighted by Gasteiger charge is 2.26. The van der Waals surface area contributed by atoms with E-state index in [0.717, 1.165) is 5.69 Å². The Labute approximate surface area is 103 Å². The average molecular weight is 235 g/mol. The molecule has 94 valence electrons. The Bertz CT molecular complexity index is 388. The molecule has 2 heteroatoms. The molecular weight excluding hydrogens is 213 g/mol. The van der Waals surface area contributed by atoms with Crippen LogP contribution in [0.1, 0.15) is 45.1 Å². The molecule has 0 radical (unpaired) electrons. The predicted octanol–water partition coefficient (Wildman–Crippen LogP) is 4.51. The minimum absolute atomic E-state index is 0.125. The molecule has 0 amide bonds. The van der Waals surface area contributed by atoms with Crippen LogP contribution < -0.4 is 5.32 Å². The van der Waals surface area contributed by atoms with Crippen molar-refractivity contribution in [3.8, 4) is 0 Å². The van der Waals surface area contributed by atoms with Crippen LogP contribution in [0, 0.1) is 18.2 Å². The average Bonchev–Trinajstić information content (AvgIpc) is 2.27. The highest BCUT2D eigenvalue weighted by Crippen LogP contribution is 2.36. The van der Waals surface area contributed by atoms with Crippen LogP contribution >= 0.6 is 0 Å². The molecule has 1 aliphatic carbocycles. The largest absolute Gasteiger partial charge is 0.382 e. The lowest BCUT2D eigenvalue weighted by Crippen LogP contribution is -2.29. The summed E-state index contributed by atoms with van der Waals surface area (Å²) in [7, 11) is 0. The van der Waals surface area contributed by atoms with Crippen LogP contribution in [-0.4, -0.2) is 6.04 Å². The van der Waals surface area contributed by atoms with Crippen LogP contribution in [0.4, 0.5) is 10.1 Å².